The quantitative estimate of drug-likeness (QED) is 0.428. The number of hydrogen-bond acceptors (Lipinski definition) is 5. The summed E-state index contributed by atoms with van der Waals surface area (Å²) in [4.78, 5) is 17.0. The Hall–Kier alpha value is -2.34. The van der Waals surface area contributed by atoms with Crippen LogP contribution in [-0.2, 0) is 9.53 Å². The van der Waals surface area contributed by atoms with Gasteiger partial charge >= 0.3 is 5.97 Å². The van der Waals surface area contributed by atoms with Crippen molar-refractivity contribution in [1.29, 1.82) is 0 Å². The van der Waals surface area contributed by atoms with Crippen LogP contribution >= 0.6 is 34.5 Å². The number of carbonyl (C=O) groups excluding carboxylic acids is 1. The second-order valence-electron chi connectivity index (χ2n) is 5.14. The number of cyclic esters (lactones) is 1. The molecule has 0 saturated carbocycles. The van der Waals surface area contributed by atoms with Gasteiger partial charge in [-0.25, -0.2) is 9.79 Å². The molecule has 4 rings (SSSR count). The zero-order chi connectivity index (χ0) is 17.4. The number of ether oxygens (including phenoxy) is 1. The van der Waals surface area contributed by atoms with Crippen molar-refractivity contribution in [2.45, 2.75) is 0 Å². The van der Waals surface area contributed by atoms with Crippen LogP contribution in [0, 0.1) is 0 Å². The van der Waals surface area contributed by atoms with E-state index in [0.717, 1.165) is 4.88 Å². The lowest BCUT2D eigenvalue weighted by Gasteiger charge is -2.00. The molecule has 0 saturated heterocycles. The van der Waals surface area contributed by atoms with Gasteiger partial charge in [-0.05, 0) is 41.8 Å². The smallest absolute Gasteiger partial charge is 0.363 e. The van der Waals surface area contributed by atoms with E-state index < -0.39 is 5.97 Å². The molecule has 1 aliphatic rings. The maximum atomic E-state index is 12.0. The van der Waals surface area contributed by atoms with Gasteiger partial charge in [0.2, 0.25) is 5.90 Å². The Labute approximate surface area is 157 Å². The molecule has 0 radical (unpaired) electrons. The van der Waals surface area contributed by atoms with Crippen LogP contribution < -0.4 is 0 Å². The van der Waals surface area contributed by atoms with Crippen LogP contribution in [0.25, 0.3) is 17.4 Å². The lowest BCUT2D eigenvalue weighted by atomic mass is 10.2. The molecular weight excluding hydrogens is 381 g/mol. The van der Waals surface area contributed by atoms with Crippen LogP contribution in [0.3, 0.4) is 0 Å². The third kappa shape index (κ3) is 3.26. The first-order valence-electron chi connectivity index (χ1n) is 7.22. The fourth-order valence-corrected chi connectivity index (χ4v) is 3.46. The molecule has 0 bridgehead atoms. The molecule has 0 fully saturated rings. The molecule has 1 aromatic carbocycles. The molecule has 1 aliphatic heterocycles. The molecule has 0 atom stereocenters. The van der Waals surface area contributed by atoms with Crippen LogP contribution in [0.1, 0.15) is 10.6 Å². The standard InChI is InChI=1S/C18H9Cl2NO3S/c19-10-3-5-12(13(20)8-10)15-6-4-11(23-15)9-14-18(22)24-17(21-14)16-2-1-7-25-16/h1-9H/b14-9+. The number of aliphatic imine (C=N–C) groups is 1. The average Bonchev–Trinajstić information content (AvgIpc) is 3.30. The molecule has 7 heteroatoms. The van der Waals surface area contributed by atoms with Crippen LogP contribution in [0.5, 0.6) is 0 Å². The number of halogens is 2. The third-order valence-electron chi connectivity index (χ3n) is 3.45. The van der Waals surface area contributed by atoms with E-state index in [1.807, 2.05) is 17.5 Å². The second-order valence-corrected chi connectivity index (χ2v) is 6.93. The summed E-state index contributed by atoms with van der Waals surface area (Å²) in [5.74, 6) is 0.844. The predicted octanol–water partition coefficient (Wildman–Crippen LogP) is 5.66. The largest absolute Gasteiger partial charge is 0.457 e. The number of furan rings is 1. The van der Waals surface area contributed by atoms with Crippen molar-refractivity contribution in [2.24, 2.45) is 4.99 Å². The maximum absolute atomic E-state index is 12.0. The summed E-state index contributed by atoms with van der Waals surface area (Å²) >= 11 is 13.5. The normalized spacial score (nSPS) is 15.5. The fourth-order valence-electron chi connectivity index (χ4n) is 2.31. The Balaban J connectivity index is 1.64. The molecule has 0 amide bonds. The van der Waals surface area contributed by atoms with Gasteiger partial charge in [-0.2, -0.15) is 0 Å². The average molecular weight is 390 g/mol. The van der Waals surface area contributed by atoms with Gasteiger partial charge in [-0.3, -0.25) is 0 Å². The molecule has 2 aromatic heterocycles. The highest BCUT2D eigenvalue weighted by Gasteiger charge is 2.25. The highest BCUT2D eigenvalue weighted by Crippen LogP contribution is 2.32. The van der Waals surface area contributed by atoms with Gasteiger partial charge in [0.25, 0.3) is 0 Å². The van der Waals surface area contributed by atoms with Gasteiger partial charge in [0, 0.05) is 16.7 Å². The number of thiophene rings is 1. The zero-order valence-corrected chi connectivity index (χ0v) is 14.9. The molecule has 3 heterocycles. The summed E-state index contributed by atoms with van der Waals surface area (Å²) < 4.78 is 10.9. The number of nitrogens with zero attached hydrogens (tertiary/aromatic N) is 1. The molecule has 124 valence electrons. The zero-order valence-electron chi connectivity index (χ0n) is 12.5. The van der Waals surface area contributed by atoms with E-state index >= 15 is 0 Å². The highest BCUT2D eigenvalue weighted by atomic mass is 35.5. The minimum atomic E-state index is -0.508. The van der Waals surface area contributed by atoms with E-state index in [0.29, 0.717) is 33.0 Å². The van der Waals surface area contributed by atoms with Gasteiger partial charge in [-0.1, -0.05) is 29.3 Å². The first kappa shape index (κ1) is 16.1. The van der Waals surface area contributed by atoms with Crippen LogP contribution in [0.15, 0.2) is 63.0 Å². The van der Waals surface area contributed by atoms with Crippen molar-refractivity contribution in [3.8, 4) is 11.3 Å². The second kappa shape index (κ2) is 6.52. The van der Waals surface area contributed by atoms with Crippen molar-refractivity contribution < 1.29 is 13.9 Å². The Bertz CT molecular complexity index is 1020. The van der Waals surface area contributed by atoms with E-state index in [-0.39, 0.29) is 5.70 Å². The van der Waals surface area contributed by atoms with Crippen molar-refractivity contribution in [3.05, 3.63) is 74.2 Å². The number of carbonyl (C=O) groups is 1. The van der Waals surface area contributed by atoms with Gasteiger partial charge in [-0.15, -0.1) is 11.3 Å². The monoisotopic (exact) mass is 389 g/mol. The lowest BCUT2D eigenvalue weighted by molar-refractivity contribution is -0.129. The van der Waals surface area contributed by atoms with E-state index in [9.17, 15) is 4.79 Å². The van der Waals surface area contributed by atoms with Crippen molar-refractivity contribution in [1.82, 2.24) is 0 Å². The summed E-state index contributed by atoms with van der Waals surface area (Å²) in [7, 11) is 0. The Morgan fingerprint density at radius 3 is 2.76 bits per heavy atom. The van der Waals surface area contributed by atoms with E-state index in [2.05, 4.69) is 4.99 Å². The Morgan fingerprint density at radius 2 is 2.00 bits per heavy atom. The van der Waals surface area contributed by atoms with Crippen LogP contribution in [0.2, 0.25) is 10.0 Å². The van der Waals surface area contributed by atoms with E-state index in [1.165, 1.54) is 17.4 Å². The molecule has 0 unspecified atom stereocenters. The van der Waals surface area contributed by atoms with Crippen LogP contribution in [0.4, 0.5) is 0 Å². The van der Waals surface area contributed by atoms with Gasteiger partial charge in [0.15, 0.2) is 5.70 Å². The first-order chi connectivity index (χ1) is 12.1. The molecule has 0 aliphatic carbocycles. The molecule has 3 aromatic rings. The molecule has 0 N–H and O–H groups in total. The Kier molecular flexibility index (Phi) is 4.21. The summed E-state index contributed by atoms with van der Waals surface area (Å²) in [5.41, 5.74) is 0.902. The number of hydrogen-bond donors (Lipinski definition) is 0. The maximum Gasteiger partial charge on any atom is 0.363 e. The number of rotatable bonds is 3. The minimum absolute atomic E-state index is 0.187. The van der Waals surface area contributed by atoms with Gasteiger partial charge in [0.05, 0.1) is 9.90 Å². The SMILES string of the molecule is O=C1OC(c2cccs2)=N/C1=C/c1ccc(-c2ccc(Cl)cc2Cl)o1. The fraction of sp³-hybridized carbons (Fsp3) is 0. The lowest BCUT2D eigenvalue weighted by Crippen LogP contribution is -2.03. The van der Waals surface area contributed by atoms with Gasteiger partial charge < -0.3 is 9.15 Å². The minimum Gasteiger partial charge on any atom is -0.457 e. The molecule has 25 heavy (non-hydrogen) atoms. The van der Waals surface area contributed by atoms with E-state index in [4.69, 9.17) is 32.4 Å². The predicted molar refractivity (Wildman–Crippen MR) is 99.1 cm³/mol. The summed E-state index contributed by atoms with van der Waals surface area (Å²) in [6.45, 7) is 0. The number of benzene rings is 1. The Morgan fingerprint density at radius 1 is 1.12 bits per heavy atom. The third-order valence-corrected chi connectivity index (χ3v) is 4.86. The number of esters is 1. The van der Waals surface area contributed by atoms with E-state index in [1.54, 1.807) is 30.3 Å². The van der Waals surface area contributed by atoms with Crippen LogP contribution in [-0.4, -0.2) is 11.9 Å². The first-order valence-corrected chi connectivity index (χ1v) is 8.85. The summed E-state index contributed by atoms with van der Waals surface area (Å²) in [5, 5.41) is 2.92. The van der Waals surface area contributed by atoms with Crippen molar-refractivity contribution in [3.63, 3.8) is 0 Å². The highest BCUT2D eigenvalue weighted by molar-refractivity contribution is 7.12. The molecule has 4 nitrogen and oxygen atoms in total. The summed E-state index contributed by atoms with van der Waals surface area (Å²) in [6.07, 6.45) is 1.54. The summed E-state index contributed by atoms with van der Waals surface area (Å²) in [6, 6.07) is 12.4. The van der Waals surface area contributed by atoms with Crippen molar-refractivity contribution in [2.75, 3.05) is 0 Å². The molecular formula is C18H9Cl2NO3S. The molecule has 0 spiro atoms. The topological polar surface area (TPSA) is 51.8 Å². The van der Waals surface area contributed by atoms with Gasteiger partial charge in [0.1, 0.15) is 11.5 Å². The van der Waals surface area contributed by atoms with Crippen molar-refractivity contribution >= 4 is 52.5 Å².